The van der Waals surface area contributed by atoms with Crippen LogP contribution in [0.1, 0.15) is 5.56 Å². The van der Waals surface area contributed by atoms with Crippen LogP contribution < -0.4 is 0 Å². The Balaban J connectivity index is 2.09. The first-order chi connectivity index (χ1) is 8.74. The summed E-state index contributed by atoms with van der Waals surface area (Å²) in [6, 6.07) is 16.7. The first kappa shape index (κ1) is 12.2. The van der Waals surface area contributed by atoms with E-state index in [1.165, 1.54) is 10.9 Å². The zero-order valence-electron chi connectivity index (χ0n) is 9.48. The quantitative estimate of drug-likeness (QED) is 0.568. The largest absolute Gasteiger partial charge is 0.259 e. The summed E-state index contributed by atoms with van der Waals surface area (Å²) in [5.41, 5.74) is 2.43. The average Bonchev–Trinajstić information content (AvgIpc) is 2.67. The fourth-order valence-electron chi connectivity index (χ4n) is 1.98. The molecule has 0 saturated heterocycles. The smallest absolute Gasteiger partial charge is 0.131 e. The summed E-state index contributed by atoms with van der Waals surface area (Å²) >= 11 is 5.80. The number of fused-ring (bicyclic) bond motifs is 1. The monoisotopic (exact) mass is 412 g/mol. The van der Waals surface area contributed by atoms with Crippen LogP contribution in [0.25, 0.3) is 10.9 Å². The van der Waals surface area contributed by atoms with Crippen molar-refractivity contribution in [1.82, 2.24) is 9.78 Å². The molecule has 2 nitrogen and oxygen atoms in total. The summed E-state index contributed by atoms with van der Waals surface area (Å²) in [7, 11) is 0. The average molecular weight is 413 g/mol. The molecule has 3 rings (SSSR count). The summed E-state index contributed by atoms with van der Waals surface area (Å²) in [5.74, 6) is 0. The van der Waals surface area contributed by atoms with Gasteiger partial charge in [0.25, 0.3) is 0 Å². The lowest BCUT2D eigenvalue weighted by Gasteiger charge is -2.03. The number of halogens is 2. The molecule has 18 heavy (non-hydrogen) atoms. The van der Waals surface area contributed by atoms with Crippen molar-refractivity contribution in [2.75, 3.05) is 0 Å². The second kappa shape index (κ2) is 5.01. The van der Waals surface area contributed by atoms with Gasteiger partial charge in [-0.25, -0.2) is 0 Å². The van der Waals surface area contributed by atoms with Crippen molar-refractivity contribution < 1.29 is 0 Å². The molecule has 4 heteroatoms. The minimum atomic E-state index is 0.802. The van der Waals surface area contributed by atoms with Crippen molar-refractivity contribution >= 4 is 49.4 Å². The van der Waals surface area contributed by atoms with Crippen LogP contribution >= 0.6 is 38.5 Å². The molecule has 1 aromatic heterocycles. The van der Waals surface area contributed by atoms with Crippen molar-refractivity contribution in [2.45, 2.75) is 6.54 Å². The molecule has 0 fully saturated rings. The Kier molecular flexibility index (Phi) is 3.39. The van der Waals surface area contributed by atoms with Gasteiger partial charge in [-0.2, -0.15) is 5.10 Å². The van der Waals surface area contributed by atoms with E-state index >= 15 is 0 Å². The van der Waals surface area contributed by atoms with Gasteiger partial charge in [0.15, 0.2) is 0 Å². The maximum absolute atomic E-state index is 4.61. The van der Waals surface area contributed by atoms with E-state index in [9.17, 15) is 0 Å². The minimum absolute atomic E-state index is 0.802. The predicted molar refractivity (Wildman–Crippen MR) is 85.7 cm³/mol. The summed E-state index contributed by atoms with van der Waals surface area (Å²) in [6.07, 6.45) is 0. The summed E-state index contributed by atoms with van der Waals surface area (Å²) in [6.45, 7) is 0.802. The molecule has 0 unspecified atom stereocenters. The van der Waals surface area contributed by atoms with Gasteiger partial charge in [-0.05, 0) is 46.4 Å². The fraction of sp³-hybridized carbons (Fsp3) is 0.0714. The van der Waals surface area contributed by atoms with E-state index < -0.39 is 0 Å². The predicted octanol–water partition coefficient (Wildman–Crippen LogP) is 4.45. The lowest BCUT2D eigenvalue weighted by molar-refractivity contribution is 0.705. The van der Waals surface area contributed by atoms with Crippen LogP contribution in [-0.4, -0.2) is 9.78 Å². The number of rotatable bonds is 2. The van der Waals surface area contributed by atoms with Crippen molar-refractivity contribution in [3.05, 3.63) is 62.3 Å². The van der Waals surface area contributed by atoms with Crippen molar-refractivity contribution in [3.8, 4) is 0 Å². The van der Waals surface area contributed by atoms with E-state index in [4.69, 9.17) is 0 Å². The molecule has 0 aliphatic carbocycles. The van der Waals surface area contributed by atoms with Crippen LogP contribution in [0.15, 0.2) is 53.0 Å². The number of hydrogen-bond acceptors (Lipinski definition) is 1. The minimum Gasteiger partial charge on any atom is -0.259 e. The SMILES string of the molecule is Brc1ccc2c(I)nn(Cc3ccccc3)c2c1. The van der Waals surface area contributed by atoms with Gasteiger partial charge in [0.05, 0.1) is 12.1 Å². The molecule has 0 aliphatic heterocycles. The zero-order chi connectivity index (χ0) is 12.5. The molecule has 0 spiro atoms. The number of nitrogens with zero attached hydrogens (tertiary/aromatic N) is 2. The molecule has 0 bridgehead atoms. The third-order valence-electron chi connectivity index (χ3n) is 2.84. The van der Waals surface area contributed by atoms with Crippen LogP contribution in [0.2, 0.25) is 0 Å². The Morgan fingerprint density at radius 3 is 2.67 bits per heavy atom. The van der Waals surface area contributed by atoms with Gasteiger partial charge in [-0.3, -0.25) is 4.68 Å². The van der Waals surface area contributed by atoms with Crippen LogP contribution in [0, 0.1) is 3.70 Å². The maximum Gasteiger partial charge on any atom is 0.131 e. The second-order valence-electron chi connectivity index (χ2n) is 4.10. The standard InChI is InChI=1S/C14H10BrIN2/c15-11-6-7-12-13(8-11)18(17-14(12)16)9-10-4-2-1-3-5-10/h1-8H,9H2. The van der Waals surface area contributed by atoms with Crippen molar-refractivity contribution in [3.63, 3.8) is 0 Å². The highest BCUT2D eigenvalue weighted by Gasteiger charge is 2.08. The van der Waals surface area contributed by atoms with E-state index in [0.29, 0.717) is 0 Å². The lowest BCUT2D eigenvalue weighted by Crippen LogP contribution is -2.01. The Labute approximate surface area is 127 Å². The van der Waals surface area contributed by atoms with Crippen molar-refractivity contribution in [1.29, 1.82) is 0 Å². The topological polar surface area (TPSA) is 17.8 Å². The highest BCUT2D eigenvalue weighted by molar-refractivity contribution is 14.1. The zero-order valence-corrected chi connectivity index (χ0v) is 13.2. The molecule has 0 aliphatic rings. The molecule has 0 radical (unpaired) electrons. The first-order valence-electron chi connectivity index (χ1n) is 5.59. The molecular weight excluding hydrogens is 403 g/mol. The van der Waals surface area contributed by atoms with Crippen LogP contribution in [0.5, 0.6) is 0 Å². The van der Waals surface area contributed by atoms with E-state index in [-0.39, 0.29) is 0 Å². The Morgan fingerprint density at radius 1 is 1.11 bits per heavy atom. The Morgan fingerprint density at radius 2 is 1.89 bits per heavy atom. The second-order valence-corrected chi connectivity index (χ2v) is 6.03. The van der Waals surface area contributed by atoms with Crippen LogP contribution in [0.3, 0.4) is 0 Å². The summed E-state index contributed by atoms with van der Waals surface area (Å²) < 4.78 is 4.18. The van der Waals surface area contributed by atoms with Crippen LogP contribution in [-0.2, 0) is 6.54 Å². The highest BCUT2D eigenvalue weighted by Crippen LogP contribution is 2.24. The van der Waals surface area contributed by atoms with Gasteiger partial charge in [0.2, 0.25) is 0 Å². The molecule has 0 amide bonds. The normalized spacial score (nSPS) is 11.0. The van der Waals surface area contributed by atoms with Crippen LogP contribution in [0.4, 0.5) is 0 Å². The summed E-state index contributed by atoms with van der Waals surface area (Å²) in [5, 5.41) is 5.81. The molecule has 1 heterocycles. The van der Waals surface area contributed by atoms with E-state index in [1.54, 1.807) is 0 Å². The molecule has 90 valence electrons. The van der Waals surface area contributed by atoms with E-state index in [2.05, 4.69) is 90.8 Å². The number of aromatic nitrogens is 2. The molecule has 0 atom stereocenters. The molecule has 3 aromatic rings. The number of hydrogen-bond donors (Lipinski definition) is 0. The van der Waals surface area contributed by atoms with Gasteiger partial charge in [0.1, 0.15) is 3.70 Å². The Hall–Kier alpha value is -0.880. The third-order valence-corrected chi connectivity index (χ3v) is 4.13. The van der Waals surface area contributed by atoms with Gasteiger partial charge in [-0.15, -0.1) is 0 Å². The molecular formula is C14H10BrIN2. The first-order valence-corrected chi connectivity index (χ1v) is 7.47. The van der Waals surface area contributed by atoms with Gasteiger partial charge < -0.3 is 0 Å². The highest BCUT2D eigenvalue weighted by atomic mass is 127. The van der Waals surface area contributed by atoms with E-state index in [0.717, 1.165) is 20.2 Å². The molecule has 0 saturated carbocycles. The molecule has 0 N–H and O–H groups in total. The van der Waals surface area contributed by atoms with Crippen molar-refractivity contribution in [2.24, 2.45) is 0 Å². The summed E-state index contributed by atoms with van der Waals surface area (Å²) in [4.78, 5) is 0. The maximum atomic E-state index is 4.61. The van der Waals surface area contributed by atoms with Gasteiger partial charge in [-0.1, -0.05) is 46.3 Å². The third kappa shape index (κ3) is 2.31. The fourth-order valence-corrected chi connectivity index (χ4v) is 3.05. The lowest BCUT2D eigenvalue weighted by atomic mass is 10.2. The van der Waals surface area contributed by atoms with Gasteiger partial charge in [0, 0.05) is 9.86 Å². The van der Waals surface area contributed by atoms with Gasteiger partial charge >= 0.3 is 0 Å². The molecule has 2 aromatic carbocycles. The van der Waals surface area contributed by atoms with E-state index in [1.807, 2.05) is 6.07 Å². The Bertz CT molecular complexity index is 692. The number of benzene rings is 2.